The topological polar surface area (TPSA) is 45.6 Å². The Bertz CT molecular complexity index is 984. The lowest BCUT2D eigenvalue weighted by Gasteiger charge is -2.23. The van der Waals surface area contributed by atoms with Crippen LogP contribution >= 0.6 is 11.6 Å². The molecule has 0 unspecified atom stereocenters. The van der Waals surface area contributed by atoms with E-state index < -0.39 is 6.10 Å². The lowest BCUT2D eigenvalue weighted by molar-refractivity contribution is 0.157. The highest BCUT2D eigenvalue weighted by atomic mass is 35.5. The van der Waals surface area contributed by atoms with Gasteiger partial charge in [0.15, 0.2) is 0 Å². The molecule has 4 nitrogen and oxygen atoms in total. The molecule has 1 aromatic heterocycles. The van der Waals surface area contributed by atoms with Gasteiger partial charge >= 0.3 is 0 Å². The van der Waals surface area contributed by atoms with E-state index in [1.807, 2.05) is 36.4 Å². The average molecular weight is 443 g/mol. The predicted octanol–water partition coefficient (Wildman–Crippen LogP) is 6.77. The number of aliphatic hydroxyl groups is 1. The van der Waals surface area contributed by atoms with E-state index >= 15 is 0 Å². The van der Waals surface area contributed by atoms with Crippen molar-refractivity contribution in [3.05, 3.63) is 47.0 Å². The molecule has 5 heteroatoms. The minimum Gasteiger partial charge on any atom is -0.497 e. The first-order valence-electron chi connectivity index (χ1n) is 11.5. The maximum absolute atomic E-state index is 11.3. The average Bonchev–Trinajstić information content (AvgIpc) is 2.78. The first kappa shape index (κ1) is 23.8. The van der Waals surface area contributed by atoms with Gasteiger partial charge < -0.3 is 14.7 Å². The van der Waals surface area contributed by atoms with E-state index in [2.05, 4.69) is 18.7 Å². The number of ether oxygens (including phenoxy) is 1. The molecule has 2 aromatic carbocycles. The van der Waals surface area contributed by atoms with Crippen molar-refractivity contribution in [1.82, 2.24) is 9.88 Å². The molecule has 3 aromatic rings. The van der Waals surface area contributed by atoms with E-state index in [0.717, 1.165) is 59.2 Å². The second-order valence-electron chi connectivity index (χ2n) is 8.28. The summed E-state index contributed by atoms with van der Waals surface area (Å²) in [7, 11) is 1.66. The van der Waals surface area contributed by atoms with Gasteiger partial charge in [-0.25, -0.2) is 4.98 Å². The number of pyridine rings is 1. The van der Waals surface area contributed by atoms with Gasteiger partial charge in [0.05, 0.1) is 24.2 Å². The lowest BCUT2D eigenvalue weighted by Crippen LogP contribution is -2.27. The number of nitrogens with zero attached hydrogens (tertiary/aromatic N) is 2. The summed E-state index contributed by atoms with van der Waals surface area (Å²) in [5.74, 6) is 0.765. The molecular weight excluding hydrogens is 408 g/mol. The number of aliphatic hydroxyl groups excluding tert-OH is 1. The lowest BCUT2D eigenvalue weighted by atomic mass is 9.95. The van der Waals surface area contributed by atoms with Gasteiger partial charge in [-0.3, -0.25) is 0 Å². The number of rotatable bonds is 12. The summed E-state index contributed by atoms with van der Waals surface area (Å²) in [5, 5.41) is 13.8. The predicted molar refractivity (Wildman–Crippen MR) is 131 cm³/mol. The molecule has 0 spiro atoms. The maximum Gasteiger partial charge on any atom is 0.119 e. The van der Waals surface area contributed by atoms with Crippen molar-refractivity contribution in [2.24, 2.45) is 0 Å². The number of methoxy groups -OCH3 is 1. The van der Waals surface area contributed by atoms with Crippen molar-refractivity contribution in [2.75, 3.05) is 26.7 Å². The summed E-state index contributed by atoms with van der Waals surface area (Å²) in [4.78, 5) is 7.32. The highest BCUT2D eigenvalue weighted by Gasteiger charge is 2.18. The van der Waals surface area contributed by atoms with Crippen LogP contribution in [0.15, 0.2) is 36.4 Å². The third kappa shape index (κ3) is 6.09. The normalized spacial score (nSPS) is 12.7. The van der Waals surface area contributed by atoms with Crippen LogP contribution in [0.4, 0.5) is 0 Å². The molecule has 0 radical (unpaired) electrons. The van der Waals surface area contributed by atoms with E-state index in [4.69, 9.17) is 21.3 Å². The molecule has 1 N–H and O–H groups in total. The highest BCUT2D eigenvalue weighted by molar-refractivity contribution is 6.31. The number of halogens is 1. The third-order valence-corrected chi connectivity index (χ3v) is 6.16. The Morgan fingerprint density at radius 1 is 0.935 bits per heavy atom. The Balaban J connectivity index is 1.86. The van der Waals surface area contributed by atoms with Crippen LogP contribution in [0, 0.1) is 0 Å². The van der Waals surface area contributed by atoms with E-state index in [9.17, 15) is 5.11 Å². The van der Waals surface area contributed by atoms with Crippen LogP contribution in [-0.4, -0.2) is 41.7 Å². The Labute approximate surface area is 191 Å². The molecule has 0 fully saturated rings. The van der Waals surface area contributed by atoms with Gasteiger partial charge in [-0.2, -0.15) is 0 Å². The second kappa shape index (κ2) is 11.7. The number of hydrogen-bond donors (Lipinski definition) is 1. The van der Waals surface area contributed by atoms with Crippen molar-refractivity contribution in [3.8, 4) is 5.75 Å². The molecule has 1 atom stereocenters. The number of aromatic nitrogens is 1. The molecule has 3 rings (SSSR count). The van der Waals surface area contributed by atoms with Gasteiger partial charge in [0, 0.05) is 15.8 Å². The van der Waals surface area contributed by atoms with Crippen LogP contribution in [0.25, 0.3) is 21.8 Å². The van der Waals surface area contributed by atoms with Crippen molar-refractivity contribution in [3.63, 3.8) is 0 Å². The molecule has 0 bridgehead atoms. The zero-order valence-electron chi connectivity index (χ0n) is 19.0. The minimum atomic E-state index is -0.569. The number of hydrogen-bond acceptors (Lipinski definition) is 4. The van der Waals surface area contributed by atoms with E-state index in [1.54, 1.807) is 7.11 Å². The van der Waals surface area contributed by atoms with Gasteiger partial charge in [-0.1, -0.05) is 44.4 Å². The van der Waals surface area contributed by atoms with E-state index in [0.29, 0.717) is 11.4 Å². The second-order valence-corrected chi connectivity index (χ2v) is 8.71. The third-order valence-electron chi connectivity index (χ3n) is 5.93. The van der Waals surface area contributed by atoms with Crippen LogP contribution in [-0.2, 0) is 0 Å². The number of unbranched alkanes of at least 4 members (excludes halogenated alkanes) is 2. The SMILES string of the molecule is CCCCN(CCCC)CCC[C@@H](O)c1c2ccc(Cl)cc2nc2ccc(OC)cc12. The highest BCUT2D eigenvalue weighted by Crippen LogP contribution is 2.35. The van der Waals surface area contributed by atoms with Crippen molar-refractivity contribution < 1.29 is 9.84 Å². The zero-order chi connectivity index (χ0) is 22.2. The monoisotopic (exact) mass is 442 g/mol. The van der Waals surface area contributed by atoms with Gasteiger partial charge in [-0.05, 0) is 81.2 Å². The van der Waals surface area contributed by atoms with Crippen molar-refractivity contribution in [2.45, 2.75) is 58.5 Å². The molecule has 0 aliphatic heterocycles. The van der Waals surface area contributed by atoms with Crippen molar-refractivity contribution >= 4 is 33.4 Å². The number of benzene rings is 2. The Kier molecular flexibility index (Phi) is 8.94. The zero-order valence-corrected chi connectivity index (χ0v) is 19.8. The van der Waals surface area contributed by atoms with Crippen LogP contribution in [0.3, 0.4) is 0 Å². The standard InChI is InChI=1S/C26H35ClN2O2/c1-4-6-14-29(15-7-5-2)16-8-9-25(30)26-21-12-10-19(27)17-24(21)28-23-13-11-20(31-3)18-22(23)26/h10-13,17-18,25,30H,4-9,14-16H2,1-3H3/t25-/m1/s1. The quantitative estimate of drug-likeness (QED) is 0.314. The van der Waals surface area contributed by atoms with Crippen LogP contribution in [0.5, 0.6) is 5.75 Å². The van der Waals surface area contributed by atoms with E-state index in [1.165, 1.54) is 25.7 Å². The summed E-state index contributed by atoms with van der Waals surface area (Å²) in [5.41, 5.74) is 2.58. The molecule has 168 valence electrons. The van der Waals surface area contributed by atoms with Crippen LogP contribution < -0.4 is 4.74 Å². The van der Waals surface area contributed by atoms with Crippen molar-refractivity contribution in [1.29, 1.82) is 0 Å². The molecule has 0 amide bonds. The Hall–Kier alpha value is -1.88. The molecule has 0 saturated carbocycles. The summed E-state index contributed by atoms with van der Waals surface area (Å²) < 4.78 is 5.44. The molecule has 0 aliphatic rings. The van der Waals surface area contributed by atoms with Gasteiger partial charge in [-0.15, -0.1) is 0 Å². The first-order chi connectivity index (χ1) is 15.1. The molecule has 31 heavy (non-hydrogen) atoms. The van der Waals surface area contributed by atoms with Crippen LogP contribution in [0.2, 0.25) is 5.02 Å². The maximum atomic E-state index is 11.3. The summed E-state index contributed by atoms with van der Waals surface area (Å²) >= 11 is 6.22. The first-order valence-corrected chi connectivity index (χ1v) is 11.9. The summed E-state index contributed by atoms with van der Waals surface area (Å²) in [6.07, 6.45) is 5.98. The fourth-order valence-electron chi connectivity index (χ4n) is 4.17. The molecule has 0 aliphatic carbocycles. The fraction of sp³-hybridized carbons (Fsp3) is 0.500. The number of fused-ring (bicyclic) bond motifs is 2. The summed E-state index contributed by atoms with van der Waals surface area (Å²) in [6.45, 7) is 7.78. The van der Waals surface area contributed by atoms with E-state index in [-0.39, 0.29) is 0 Å². The van der Waals surface area contributed by atoms with Gasteiger partial charge in [0.2, 0.25) is 0 Å². The molecule has 1 heterocycles. The van der Waals surface area contributed by atoms with Gasteiger partial charge in [0.1, 0.15) is 5.75 Å². The fourth-order valence-corrected chi connectivity index (χ4v) is 4.33. The largest absolute Gasteiger partial charge is 0.497 e. The minimum absolute atomic E-state index is 0.569. The van der Waals surface area contributed by atoms with Crippen LogP contribution in [0.1, 0.15) is 64.0 Å². The summed E-state index contributed by atoms with van der Waals surface area (Å²) in [6, 6.07) is 11.5. The Morgan fingerprint density at radius 2 is 1.65 bits per heavy atom. The molecular formula is C26H35ClN2O2. The molecule has 0 saturated heterocycles. The smallest absolute Gasteiger partial charge is 0.119 e. The van der Waals surface area contributed by atoms with Gasteiger partial charge in [0.25, 0.3) is 0 Å². The Morgan fingerprint density at radius 3 is 2.32 bits per heavy atom.